The van der Waals surface area contributed by atoms with Gasteiger partial charge in [0.2, 0.25) is 11.8 Å². The molecule has 0 aromatic heterocycles. The van der Waals surface area contributed by atoms with E-state index in [1.165, 1.54) is 17.0 Å². The Morgan fingerprint density at radius 1 is 1.35 bits per heavy atom. The number of likely N-dealkylation sites (tertiary alicyclic amines) is 1. The largest absolute Gasteiger partial charge is 0.390 e. The average Bonchev–Trinajstić information content (AvgIpc) is 2.80. The molecule has 1 aromatic carbocycles. The van der Waals surface area contributed by atoms with Crippen LogP contribution in [0.1, 0.15) is 18.4 Å². The summed E-state index contributed by atoms with van der Waals surface area (Å²) in [6.45, 7) is 0.330. The Labute approximate surface area is 116 Å². The number of primary amides is 1. The first-order valence-corrected chi connectivity index (χ1v) is 6.50. The molecule has 1 unspecified atom stereocenters. The van der Waals surface area contributed by atoms with E-state index in [0.717, 1.165) is 5.56 Å². The zero-order chi connectivity index (χ0) is 14.7. The summed E-state index contributed by atoms with van der Waals surface area (Å²) in [4.78, 5) is 24.7. The molecular formula is C14H17FN2O3. The van der Waals surface area contributed by atoms with Gasteiger partial charge in [-0.25, -0.2) is 4.39 Å². The van der Waals surface area contributed by atoms with Crippen molar-refractivity contribution in [3.63, 3.8) is 0 Å². The molecule has 20 heavy (non-hydrogen) atoms. The minimum Gasteiger partial charge on any atom is -0.390 e. The van der Waals surface area contributed by atoms with Gasteiger partial charge >= 0.3 is 0 Å². The molecule has 1 aromatic rings. The van der Waals surface area contributed by atoms with E-state index in [0.29, 0.717) is 19.4 Å². The van der Waals surface area contributed by atoms with E-state index in [-0.39, 0.29) is 18.1 Å². The Kier molecular flexibility index (Phi) is 4.34. The highest BCUT2D eigenvalue weighted by molar-refractivity contribution is 5.87. The Morgan fingerprint density at radius 3 is 2.60 bits per heavy atom. The third kappa shape index (κ3) is 3.14. The van der Waals surface area contributed by atoms with Crippen LogP contribution in [0.5, 0.6) is 0 Å². The summed E-state index contributed by atoms with van der Waals surface area (Å²) in [7, 11) is 0. The number of nitrogens with two attached hydrogens (primary N) is 1. The molecule has 2 atom stereocenters. The third-order valence-corrected chi connectivity index (χ3v) is 3.52. The van der Waals surface area contributed by atoms with Gasteiger partial charge in [-0.15, -0.1) is 0 Å². The van der Waals surface area contributed by atoms with Gasteiger partial charge < -0.3 is 15.7 Å². The van der Waals surface area contributed by atoms with Crippen LogP contribution < -0.4 is 5.73 Å². The Hall–Kier alpha value is -1.95. The summed E-state index contributed by atoms with van der Waals surface area (Å²) >= 11 is 0. The number of carbonyl (C=O) groups excluding carboxylic acids is 2. The molecule has 108 valence electrons. The van der Waals surface area contributed by atoms with Crippen LogP contribution in [0, 0.1) is 5.82 Å². The van der Waals surface area contributed by atoms with Gasteiger partial charge in [-0.3, -0.25) is 9.59 Å². The number of aryl methyl sites for hydroxylation is 1. The van der Waals surface area contributed by atoms with Crippen LogP contribution >= 0.6 is 0 Å². The molecule has 0 bridgehead atoms. The van der Waals surface area contributed by atoms with Gasteiger partial charge in [0.15, 0.2) is 0 Å². The van der Waals surface area contributed by atoms with Crippen LogP contribution in [0.4, 0.5) is 4.39 Å². The van der Waals surface area contributed by atoms with E-state index < -0.39 is 18.1 Å². The maximum Gasteiger partial charge on any atom is 0.242 e. The predicted octanol–water partition coefficient (Wildman–Crippen LogP) is 0.205. The number of amides is 2. The molecule has 0 aliphatic carbocycles. The maximum absolute atomic E-state index is 12.8. The molecular weight excluding hydrogens is 263 g/mol. The average molecular weight is 280 g/mol. The van der Waals surface area contributed by atoms with Gasteiger partial charge in [0, 0.05) is 13.0 Å². The fraction of sp³-hybridized carbons (Fsp3) is 0.429. The van der Waals surface area contributed by atoms with Crippen molar-refractivity contribution in [2.75, 3.05) is 6.54 Å². The van der Waals surface area contributed by atoms with Crippen molar-refractivity contribution in [2.45, 2.75) is 31.4 Å². The summed E-state index contributed by atoms with van der Waals surface area (Å²) in [5.41, 5.74) is 6.05. The van der Waals surface area contributed by atoms with Crippen molar-refractivity contribution in [2.24, 2.45) is 5.73 Å². The number of benzene rings is 1. The van der Waals surface area contributed by atoms with Gasteiger partial charge in [-0.2, -0.15) is 0 Å². The second-order valence-electron chi connectivity index (χ2n) is 4.92. The predicted molar refractivity (Wildman–Crippen MR) is 70.0 cm³/mol. The number of aliphatic hydroxyl groups is 1. The van der Waals surface area contributed by atoms with Crippen LogP contribution in [-0.2, 0) is 16.0 Å². The first-order chi connectivity index (χ1) is 9.49. The Balaban J connectivity index is 1.94. The lowest BCUT2D eigenvalue weighted by atomic mass is 10.1. The van der Waals surface area contributed by atoms with E-state index >= 15 is 0 Å². The highest BCUT2D eigenvalue weighted by Crippen LogP contribution is 2.19. The van der Waals surface area contributed by atoms with Crippen LogP contribution in [0.3, 0.4) is 0 Å². The van der Waals surface area contributed by atoms with Crippen LogP contribution in [0.2, 0.25) is 0 Å². The SMILES string of the molecule is NC(=O)C1[C@@H](O)CCN1C(=O)CCc1ccc(F)cc1. The second-order valence-corrected chi connectivity index (χ2v) is 4.92. The Morgan fingerprint density at radius 2 is 2.00 bits per heavy atom. The topological polar surface area (TPSA) is 83.6 Å². The molecule has 1 saturated heterocycles. The fourth-order valence-corrected chi connectivity index (χ4v) is 2.45. The number of rotatable bonds is 4. The fourth-order valence-electron chi connectivity index (χ4n) is 2.45. The monoisotopic (exact) mass is 280 g/mol. The zero-order valence-electron chi connectivity index (χ0n) is 11.0. The number of halogens is 1. The van der Waals surface area contributed by atoms with Crippen molar-refractivity contribution < 1.29 is 19.1 Å². The first kappa shape index (κ1) is 14.5. The van der Waals surface area contributed by atoms with Gasteiger partial charge in [-0.1, -0.05) is 12.1 Å². The smallest absolute Gasteiger partial charge is 0.242 e. The maximum atomic E-state index is 12.8. The van der Waals surface area contributed by atoms with Crippen molar-refractivity contribution in [1.29, 1.82) is 0 Å². The lowest BCUT2D eigenvalue weighted by molar-refractivity contribution is -0.139. The molecule has 5 nitrogen and oxygen atoms in total. The van der Waals surface area contributed by atoms with Crippen LogP contribution in [-0.4, -0.2) is 40.5 Å². The summed E-state index contributed by atoms with van der Waals surface area (Å²) in [6.07, 6.45) is 0.122. The minimum absolute atomic E-state index is 0.197. The molecule has 6 heteroatoms. The Bertz CT molecular complexity index is 504. The van der Waals surface area contributed by atoms with E-state index in [9.17, 15) is 19.1 Å². The molecule has 1 heterocycles. The number of nitrogens with zero attached hydrogens (tertiary/aromatic N) is 1. The first-order valence-electron chi connectivity index (χ1n) is 6.50. The highest BCUT2D eigenvalue weighted by atomic mass is 19.1. The van der Waals surface area contributed by atoms with Crippen LogP contribution in [0.15, 0.2) is 24.3 Å². The van der Waals surface area contributed by atoms with Crippen molar-refractivity contribution in [3.8, 4) is 0 Å². The summed E-state index contributed by atoms with van der Waals surface area (Å²) in [5.74, 6) is -1.24. The number of aliphatic hydroxyl groups excluding tert-OH is 1. The quantitative estimate of drug-likeness (QED) is 0.826. The minimum atomic E-state index is -0.935. The van der Waals surface area contributed by atoms with Crippen LogP contribution in [0.25, 0.3) is 0 Å². The molecule has 1 aliphatic heterocycles. The molecule has 0 spiro atoms. The number of hydrogen-bond acceptors (Lipinski definition) is 3. The number of carbonyl (C=O) groups is 2. The summed E-state index contributed by atoms with van der Waals surface area (Å²) < 4.78 is 12.8. The van der Waals surface area contributed by atoms with Crippen molar-refractivity contribution >= 4 is 11.8 Å². The third-order valence-electron chi connectivity index (χ3n) is 3.52. The van der Waals surface area contributed by atoms with Gasteiger partial charge in [0.05, 0.1) is 6.10 Å². The molecule has 0 radical (unpaired) electrons. The second kappa shape index (κ2) is 6.00. The van der Waals surface area contributed by atoms with Gasteiger partial charge in [0.1, 0.15) is 11.9 Å². The van der Waals surface area contributed by atoms with Crippen molar-refractivity contribution in [1.82, 2.24) is 4.90 Å². The van der Waals surface area contributed by atoms with E-state index in [4.69, 9.17) is 5.73 Å². The summed E-state index contributed by atoms with van der Waals surface area (Å²) in [5, 5.41) is 9.66. The van der Waals surface area contributed by atoms with Gasteiger partial charge in [-0.05, 0) is 30.5 Å². The molecule has 3 N–H and O–H groups in total. The van der Waals surface area contributed by atoms with E-state index in [1.807, 2.05) is 0 Å². The van der Waals surface area contributed by atoms with E-state index in [2.05, 4.69) is 0 Å². The molecule has 1 aliphatic rings. The number of hydrogen-bond donors (Lipinski definition) is 2. The standard InChI is InChI=1S/C14H17FN2O3/c15-10-4-1-9(2-5-10)3-6-12(19)17-8-7-11(18)13(17)14(16)20/h1-2,4-5,11,13,18H,3,6-8H2,(H2,16,20)/t11-,13?/m0/s1. The van der Waals surface area contributed by atoms with Crippen molar-refractivity contribution in [3.05, 3.63) is 35.6 Å². The molecule has 0 saturated carbocycles. The zero-order valence-corrected chi connectivity index (χ0v) is 11.0. The highest BCUT2D eigenvalue weighted by Gasteiger charge is 2.39. The lowest BCUT2D eigenvalue weighted by Gasteiger charge is -2.23. The lowest BCUT2D eigenvalue weighted by Crippen LogP contribution is -2.48. The molecule has 1 fully saturated rings. The normalized spacial score (nSPS) is 22.0. The van der Waals surface area contributed by atoms with Gasteiger partial charge in [0.25, 0.3) is 0 Å². The summed E-state index contributed by atoms with van der Waals surface area (Å²) in [6, 6.07) is 4.98. The van der Waals surface area contributed by atoms with E-state index in [1.54, 1.807) is 12.1 Å². The molecule has 2 amide bonds. The molecule has 2 rings (SSSR count).